The van der Waals surface area contributed by atoms with Crippen LogP contribution in [0.1, 0.15) is 35.2 Å². The molecule has 6 heteroatoms. The maximum atomic E-state index is 13.2. The number of fused-ring (bicyclic) bond motifs is 1. The van der Waals surface area contributed by atoms with Crippen molar-refractivity contribution in [3.8, 4) is 0 Å². The topological polar surface area (TPSA) is 59.3 Å². The first kappa shape index (κ1) is 18.0. The fraction of sp³-hybridized carbons (Fsp3) is 0.350. The third-order valence-electron chi connectivity index (χ3n) is 4.32. The highest BCUT2D eigenvalue weighted by molar-refractivity contribution is 5.76. The number of hydrogen-bond donors (Lipinski definition) is 1. The summed E-state index contributed by atoms with van der Waals surface area (Å²) in [6, 6.07) is 6.92. The Kier molecular flexibility index (Phi) is 5.61. The van der Waals surface area contributed by atoms with Gasteiger partial charge < -0.3 is 5.32 Å². The number of halogens is 1. The molecule has 0 aliphatic carbocycles. The van der Waals surface area contributed by atoms with Crippen LogP contribution in [-0.4, -0.2) is 27.0 Å². The highest BCUT2D eigenvalue weighted by Gasteiger charge is 2.05. The second-order valence-electron chi connectivity index (χ2n) is 6.59. The molecule has 0 aliphatic heterocycles. The first-order valence-electron chi connectivity index (χ1n) is 8.84. The van der Waals surface area contributed by atoms with Crippen LogP contribution in [0.5, 0.6) is 0 Å². The molecular formula is C20H23FN4O. The van der Waals surface area contributed by atoms with Crippen LogP contribution < -0.4 is 5.32 Å². The third kappa shape index (κ3) is 4.65. The summed E-state index contributed by atoms with van der Waals surface area (Å²) in [4.78, 5) is 16.3. The van der Waals surface area contributed by atoms with Crippen LogP contribution in [0, 0.1) is 19.7 Å². The van der Waals surface area contributed by atoms with Gasteiger partial charge in [-0.1, -0.05) is 12.1 Å². The summed E-state index contributed by atoms with van der Waals surface area (Å²) >= 11 is 0. The zero-order chi connectivity index (χ0) is 18.5. The molecule has 0 saturated carbocycles. The Morgan fingerprint density at radius 2 is 2.04 bits per heavy atom. The molecule has 3 aromatic rings. The van der Waals surface area contributed by atoms with Crippen molar-refractivity contribution in [2.75, 3.05) is 6.54 Å². The lowest BCUT2D eigenvalue weighted by Crippen LogP contribution is -2.25. The molecule has 0 fully saturated rings. The lowest BCUT2D eigenvalue weighted by atomic mass is 10.1. The van der Waals surface area contributed by atoms with Crippen molar-refractivity contribution in [1.82, 2.24) is 19.9 Å². The standard InChI is InChI=1S/C20H23FN4O/c1-14-10-16(5-7-18(14)21)6-8-20(26)22-9-3-4-17-12-23-19-11-15(2)24-25(19)13-17/h5,7,10-13H,3-4,6,8-9H2,1-2H3,(H,22,26). The van der Waals surface area contributed by atoms with Gasteiger partial charge in [-0.15, -0.1) is 0 Å². The summed E-state index contributed by atoms with van der Waals surface area (Å²) in [7, 11) is 0. The molecule has 1 N–H and O–H groups in total. The minimum Gasteiger partial charge on any atom is -0.356 e. The second-order valence-corrected chi connectivity index (χ2v) is 6.59. The van der Waals surface area contributed by atoms with Gasteiger partial charge in [-0.2, -0.15) is 5.10 Å². The fourth-order valence-corrected chi connectivity index (χ4v) is 2.89. The highest BCUT2D eigenvalue weighted by atomic mass is 19.1. The van der Waals surface area contributed by atoms with E-state index < -0.39 is 0 Å². The summed E-state index contributed by atoms with van der Waals surface area (Å²) in [5.41, 5.74) is 4.47. The van der Waals surface area contributed by atoms with E-state index in [0.29, 0.717) is 24.9 Å². The monoisotopic (exact) mass is 354 g/mol. The van der Waals surface area contributed by atoms with Gasteiger partial charge in [-0.05, 0) is 55.9 Å². The van der Waals surface area contributed by atoms with Crippen LogP contribution in [0.2, 0.25) is 0 Å². The number of aromatic nitrogens is 3. The number of amides is 1. The van der Waals surface area contributed by atoms with Gasteiger partial charge in [0.2, 0.25) is 5.91 Å². The zero-order valence-electron chi connectivity index (χ0n) is 15.1. The molecule has 2 aromatic heterocycles. The number of rotatable bonds is 7. The Bertz CT molecular complexity index is 919. The normalized spacial score (nSPS) is 11.0. The summed E-state index contributed by atoms with van der Waals surface area (Å²) in [6.45, 7) is 4.30. The van der Waals surface area contributed by atoms with Gasteiger partial charge in [-0.25, -0.2) is 13.9 Å². The molecule has 0 spiro atoms. The summed E-state index contributed by atoms with van der Waals surface area (Å²) in [6.07, 6.45) is 6.54. The molecule has 0 bridgehead atoms. The summed E-state index contributed by atoms with van der Waals surface area (Å²) in [5.74, 6) is -0.195. The van der Waals surface area contributed by atoms with Gasteiger partial charge in [0.05, 0.1) is 5.69 Å². The van der Waals surface area contributed by atoms with Crippen LogP contribution >= 0.6 is 0 Å². The molecule has 3 rings (SSSR count). The number of nitrogens with zero attached hydrogens (tertiary/aromatic N) is 3. The smallest absolute Gasteiger partial charge is 0.220 e. The molecule has 0 aliphatic rings. The second kappa shape index (κ2) is 8.08. The van der Waals surface area contributed by atoms with Gasteiger partial charge in [0.15, 0.2) is 5.65 Å². The van der Waals surface area contributed by atoms with E-state index in [-0.39, 0.29) is 11.7 Å². The van der Waals surface area contributed by atoms with Gasteiger partial charge >= 0.3 is 0 Å². The van der Waals surface area contributed by atoms with Gasteiger partial charge in [0.1, 0.15) is 5.82 Å². The van der Waals surface area contributed by atoms with E-state index in [2.05, 4.69) is 15.4 Å². The third-order valence-corrected chi connectivity index (χ3v) is 4.32. The Morgan fingerprint density at radius 3 is 2.85 bits per heavy atom. The molecule has 26 heavy (non-hydrogen) atoms. The molecule has 0 unspecified atom stereocenters. The van der Waals surface area contributed by atoms with E-state index in [4.69, 9.17) is 0 Å². The molecule has 0 atom stereocenters. The van der Waals surface area contributed by atoms with Crippen molar-refractivity contribution < 1.29 is 9.18 Å². The van der Waals surface area contributed by atoms with Crippen LogP contribution in [0.4, 0.5) is 4.39 Å². The van der Waals surface area contributed by atoms with Crippen molar-refractivity contribution in [3.63, 3.8) is 0 Å². The number of nitrogens with one attached hydrogen (secondary N) is 1. The number of benzene rings is 1. The average molecular weight is 354 g/mol. The largest absolute Gasteiger partial charge is 0.356 e. The Hall–Kier alpha value is -2.76. The predicted octanol–water partition coefficient (Wildman–Crippen LogP) is 3.17. The number of carbonyl (C=O) groups excluding carboxylic acids is 1. The lowest BCUT2D eigenvalue weighted by molar-refractivity contribution is -0.121. The SMILES string of the molecule is Cc1cc2ncc(CCCNC(=O)CCc3ccc(F)c(C)c3)cn2n1. The van der Waals surface area contributed by atoms with Crippen molar-refractivity contribution >= 4 is 11.6 Å². The van der Waals surface area contributed by atoms with Crippen molar-refractivity contribution in [3.05, 3.63) is 64.9 Å². The maximum Gasteiger partial charge on any atom is 0.220 e. The van der Waals surface area contributed by atoms with Crippen LogP contribution in [0.15, 0.2) is 36.7 Å². The Labute approximate surface area is 152 Å². The molecule has 136 valence electrons. The first-order valence-corrected chi connectivity index (χ1v) is 8.84. The average Bonchev–Trinajstić information content (AvgIpc) is 2.99. The van der Waals surface area contributed by atoms with E-state index in [1.54, 1.807) is 23.6 Å². The highest BCUT2D eigenvalue weighted by Crippen LogP contribution is 2.11. The molecule has 1 amide bonds. The molecule has 0 saturated heterocycles. The van der Waals surface area contributed by atoms with Crippen LogP contribution in [0.3, 0.4) is 0 Å². The van der Waals surface area contributed by atoms with E-state index >= 15 is 0 Å². The first-order chi connectivity index (χ1) is 12.5. The summed E-state index contributed by atoms with van der Waals surface area (Å²) < 4.78 is 15.0. The molecule has 0 radical (unpaired) electrons. The van der Waals surface area contributed by atoms with Crippen molar-refractivity contribution in [1.29, 1.82) is 0 Å². The van der Waals surface area contributed by atoms with Crippen LogP contribution in [0.25, 0.3) is 5.65 Å². The lowest BCUT2D eigenvalue weighted by Gasteiger charge is -2.06. The predicted molar refractivity (Wildman–Crippen MR) is 98.5 cm³/mol. The zero-order valence-corrected chi connectivity index (χ0v) is 15.1. The fourth-order valence-electron chi connectivity index (χ4n) is 2.89. The summed E-state index contributed by atoms with van der Waals surface area (Å²) in [5, 5.41) is 7.29. The van der Waals surface area contributed by atoms with E-state index in [9.17, 15) is 9.18 Å². The number of hydrogen-bond acceptors (Lipinski definition) is 3. The Balaban J connectivity index is 1.39. The minimum absolute atomic E-state index is 0.0169. The molecular weight excluding hydrogens is 331 g/mol. The van der Waals surface area contributed by atoms with Crippen molar-refractivity contribution in [2.24, 2.45) is 0 Å². The van der Waals surface area contributed by atoms with Gasteiger partial charge in [0, 0.05) is 31.4 Å². The van der Waals surface area contributed by atoms with Crippen LogP contribution in [-0.2, 0) is 17.6 Å². The van der Waals surface area contributed by atoms with Crippen molar-refractivity contribution in [2.45, 2.75) is 39.5 Å². The maximum absolute atomic E-state index is 13.2. The Morgan fingerprint density at radius 1 is 1.19 bits per heavy atom. The van der Waals surface area contributed by atoms with E-state index in [1.807, 2.05) is 25.4 Å². The molecule has 5 nitrogen and oxygen atoms in total. The van der Waals surface area contributed by atoms with Gasteiger partial charge in [-0.3, -0.25) is 4.79 Å². The minimum atomic E-state index is -0.212. The molecule has 1 aromatic carbocycles. The number of aryl methyl sites for hydroxylation is 4. The molecule has 2 heterocycles. The van der Waals surface area contributed by atoms with E-state index in [0.717, 1.165) is 35.3 Å². The quantitative estimate of drug-likeness (QED) is 0.663. The van der Waals surface area contributed by atoms with Gasteiger partial charge in [0.25, 0.3) is 0 Å². The number of carbonyl (C=O) groups is 1. The van der Waals surface area contributed by atoms with E-state index in [1.165, 1.54) is 6.07 Å².